The topological polar surface area (TPSA) is 132 Å². The molecular weight excluding hydrogens is 527 g/mol. The second-order valence-corrected chi connectivity index (χ2v) is 10.8. The average Bonchev–Trinajstić information content (AvgIpc) is 3.62. The zero-order valence-electron chi connectivity index (χ0n) is 21.4. The van der Waals surface area contributed by atoms with E-state index in [-0.39, 0.29) is 51.5 Å². The fourth-order valence-electron chi connectivity index (χ4n) is 4.83. The second kappa shape index (κ2) is 9.78. The zero-order valence-corrected chi connectivity index (χ0v) is 22.2. The summed E-state index contributed by atoms with van der Waals surface area (Å²) in [5.41, 5.74) is 0.422. The van der Waals surface area contributed by atoms with Crippen molar-refractivity contribution in [3.8, 4) is 17.3 Å². The van der Waals surface area contributed by atoms with Crippen molar-refractivity contribution in [3.63, 3.8) is 0 Å². The lowest BCUT2D eigenvalue weighted by atomic mass is 9.92. The first-order chi connectivity index (χ1) is 18.5. The number of pyridine rings is 1. The molecule has 1 aromatic carbocycles. The first-order valence-corrected chi connectivity index (χ1v) is 12.6. The van der Waals surface area contributed by atoms with E-state index in [0.717, 1.165) is 4.90 Å². The van der Waals surface area contributed by atoms with Gasteiger partial charge in [-0.25, -0.2) is 19.1 Å². The zero-order chi connectivity index (χ0) is 28.1. The molecule has 3 aromatic rings. The molecule has 4 heterocycles. The molecule has 0 bridgehead atoms. The smallest absolute Gasteiger partial charge is 0.417 e. The number of nitriles is 1. The summed E-state index contributed by atoms with van der Waals surface area (Å²) in [6.45, 7) is 5.69. The molecule has 10 nitrogen and oxygen atoms in total. The van der Waals surface area contributed by atoms with Crippen molar-refractivity contribution in [3.05, 3.63) is 69.4 Å². The fourth-order valence-corrected chi connectivity index (χ4v) is 5.12. The molecule has 39 heavy (non-hydrogen) atoms. The quantitative estimate of drug-likeness (QED) is 0.501. The predicted octanol–water partition coefficient (Wildman–Crippen LogP) is 4.66. The second-order valence-electron chi connectivity index (χ2n) is 10.4. The minimum Gasteiger partial charge on any atom is -0.443 e. The van der Waals surface area contributed by atoms with Gasteiger partial charge in [-0.1, -0.05) is 11.6 Å². The maximum absolute atomic E-state index is 15.6. The van der Waals surface area contributed by atoms with Gasteiger partial charge in [0.1, 0.15) is 17.1 Å². The molecular formula is C27H24ClFN6O4. The molecule has 12 heteroatoms. The van der Waals surface area contributed by atoms with Crippen LogP contribution in [0.15, 0.2) is 30.5 Å². The molecule has 1 fully saturated rings. The Morgan fingerprint density at radius 1 is 1.26 bits per heavy atom. The van der Waals surface area contributed by atoms with Crippen LogP contribution in [0.4, 0.5) is 9.18 Å². The summed E-state index contributed by atoms with van der Waals surface area (Å²) in [6.07, 6.45) is 1.26. The molecule has 2 aliphatic rings. The molecule has 1 atom stereocenters. The SMILES string of the molecule is CC(C)(C)OC(=O)N1Cc2nc(-c3c(F)cc(C4CCN(C(=O)c5ccn[nH]5)C4)cc3C#N)cc(Cl)c2C1=O. The summed E-state index contributed by atoms with van der Waals surface area (Å²) in [6, 6.07) is 7.87. The van der Waals surface area contributed by atoms with Crippen LogP contribution in [0, 0.1) is 17.1 Å². The van der Waals surface area contributed by atoms with Crippen molar-refractivity contribution >= 4 is 29.5 Å². The minimum atomic E-state index is -0.840. The van der Waals surface area contributed by atoms with E-state index >= 15 is 4.39 Å². The van der Waals surface area contributed by atoms with Crippen LogP contribution in [-0.4, -0.2) is 61.6 Å². The fraction of sp³-hybridized carbons (Fsp3) is 0.333. The van der Waals surface area contributed by atoms with Crippen LogP contribution in [0.3, 0.4) is 0 Å². The number of hydrogen-bond donors (Lipinski definition) is 1. The van der Waals surface area contributed by atoms with Crippen molar-refractivity contribution in [1.29, 1.82) is 5.26 Å². The summed E-state index contributed by atoms with van der Waals surface area (Å²) >= 11 is 6.40. The van der Waals surface area contributed by atoms with Gasteiger partial charge < -0.3 is 9.64 Å². The van der Waals surface area contributed by atoms with Gasteiger partial charge in [0.2, 0.25) is 0 Å². The molecule has 1 unspecified atom stereocenters. The lowest BCUT2D eigenvalue weighted by molar-refractivity contribution is 0.0247. The molecule has 0 spiro atoms. The van der Waals surface area contributed by atoms with E-state index in [0.29, 0.717) is 30.8 Å². The van der Waals surface area contributed by atoms with Gasteiger partial charge in [-0.05, 0) is 57.0 Å². The Labute approximate surface area is 228 Å². The van der Waals surface area contributed by atoms with E-state index in [1.807, 2.05) is 6.07 Å². The number of benzene rings is 1. The van der Waals surface area contributed by atoms with Gasteiger partial charge in [-0.15, -0.1) is 0 Å². The molecule has 5 rings (SSSR count). The number of carbonyl (C=O) groups is 3. The van der Waals surface area contributed by atoms with Gasteiger partial charge in [0.25, 0.3) is 11.8 Å². The van der Waals surface area contributed by atoms with Crippen LogP contribution in [0.5, 0.6) is 0 Å². The standard InChI is InChI=1S/C27H24ClFN6O4/c1-27(2,3)39-26(38)35-13-21-23(25(35)37)17(28)10-20(32-21)22-16(11-30)8-15(9-18(22)29)14-5-7-34(12-14)24(36)19-4-6-31-33-19/h4,6,8-10,14H,5,7,12-13H2,1-3H3,(H,31,33). The molecule has 1 saturated heterocycles. The number of imide groups is 1. The number of carbonyl (C=O) groups excluding carboxylic acids is 3. The summed E-state index contributed by atoms with van der Waals surface area (Å²) in [4.78, 5) is 45.0. The highest BCUT2D eigenvalue weighted by molar-refractivity contribution is 6.35. The van der Waals surface area contributed by atoms with E-state index in [1.165, 1.54) is 18.3 Å². The minimum absolute atomic E-state index is 0.0119. The van der Waals surface area contributed by atoms with Crippen LogP contribution in [0.2, 0.25) is 5.02 Å². The van der Waals surface area contributed by atoms with Crippen molar-refractivity contribution in [2.75, 3.05) is 13.1 Å². The molecule has 1 N–H and O–H groups in total. The monoisotopic (exact) mass is 550 g/mol. The summed E-state index contributed by atoms with van der Waals surface area (Å²) in [5.74, 6) is -1.70. The van der Waals surface area contributed by atoms with E-state index in [9.17, 15) is 19.6 Å². The number of aromatic amines is 1. The van der Waals surface area contributed by atoms with Gasteiger partial charge in [0.15, 0.2) is 0 Å². The Balaban J connectivity index is 1.43. The number of ether oxygens (including phenoxy) is 1. The van der Waals surface area contributed by atoms with Crippen LogP contribution < -0.4 is 0 Å². The highest BCUT2D eigenvalue weighted by Gasteiger charge is 2.38. The third kappa shape index (κ3) is 4.95. The first-order valence-electron chi connectivity index (χ1n) is 12.2. The molecule has 2 aliphatic heterocycles. The number of nitrogens with zero attached hydrogens (tertiary/aromatic N) is 5. The van der Waals surface area contributed by atoms with Crippen LogP contribution >= 0.6 is 11.6 Å². The third-order valence-corrected chi connectivity index (χ3v) is 6.89. The van der Waals surface area contributed by atoms with Gasteiger partial charge in [0.05, 0.1) is 45.7 Å². The Kier molecular flexibility index (Phi) is 6.60. The van der Waals surface area contributed by atoms with E-state index in [4.69, 9.17) is 16.3 Å². The van der Waals surface area contributed by atoms with Crippen molar-refractivity contribution in [2.45, 2.75) is 45.3 Å². The predicted molar refractivity (Wildman–Crippen MR) is 137 cm³/mol. The number of halogens is 2. The Hall–Kier alpha value is -4.30. The highest BCUT2D eigenvalue weighted by atomic mass is 35.5. The highest BCUT2D eigenvalue weighted by Crippen LogP contribution is 2.37. The number of fused-ring (bicyclic) bond motifs is 1. The number of rotatable bonds is 3. The lowest BCUT2D eigenvalue weighted by Gasteiger charge is -2.23. The molecule has 0 radical (unpaired) electrons. The number of nitrogens with one attached hydrogen (secondary N) is 1. The Morgan fingerprint density at radius 3 is 2.69 bits per heavy atom. The Bertz CT molecular complexity index is 1540. The lowest BCUT2D eigenvalue weighted by Crippen LogP contribution is -2.36. The summed E-state index contributed by atoms with van der Waals surface area (Å²) < 4.78 is 20.9. The van der Waals surface area contributed by atoms with Gasteiger partial charge in [0, 0.05) is 25.2 Å². The molecule has 0 aliphatic carbocycles. The van der Waals surface area contributed by atoms with Crippen LogP contribution in [0.25, 0.3) is 11.3 Å². The maximum atomic E-state index is 15.6. The molecule has 0 saturated carbocycles. The third-order valence-electron chi connectivity index (χ3n) is 6.59. The van der Waals surface area contributed by atoms with Crippen LogP contribution in [-0.2, 0) is 11.3 Å². The van der Waals surface area contributed by atoms with E-state index in [2.05, 4.69) is 15.2 Å². The Morgan fingerprint density at radius 2 is 2.03 bits per heavy atom. The van der Waals surface area contributed by atoms with Crippen LogP contribution in [0.1, 0.15) is 70.8 Å². The van der Waals surface area contributed by atoms with Gasteiger partial charge in [-0.2, -0.15) is 10.4 Å². The van der Waals surface area contributed by atoms with E-state index in [1.54, 1.807) is 37.8 Å². The summed E-state index contributed by atoms with van der Waals surface area (Å²) in [5, 5.41) is 16.3. The summed E-state index contributed by atoms with van der Waals surface area (Å²) in [7, 11) is 0. The van der Waals surface area contributed by atoms with Crippen molar-refractivity contribution in [2.24, 2.45) is 0 Å². The number of hydrogen-bond acceptors (Lipinski definition) is 7. The molecule has 2 aromatic heterocycles. The largest absolute Gasteiger partial charge is 0.443 e. The maximum Gasteiger partial charge on any atom is 0.417 e. The van der Waals surface area contributed by atoms with Crippen molar-refractivity contribution < 1.29 is 23.5 Å². The number of H-pyrrole nitrogens is 1. The number of likely N-dealkylation sites (tertiary alicyclic amines) is 1. The van der Waals surface area contributed by atoms with E-state index < -0.39 is 23.4 Å². The average molecular weight is 551 g/mol. The first kappa shape index (κ1) is 26.3. The van der Waals surface area contributed by atoms with Gasteiger partial charge in [-0.3, -0.25) is 14.7 Å². The number of aromatic nitrogens is 3. The van der Waals surface area contributed by atoms with Gasteiger partial charge >= 0.3 is 6.09 Å². The molecule has 200 valence electrons. The molecule has 3 amide bonds. The normalized spacial score (nSPS) is 16.8. The van der Waals surface area contributed by atoms with Crippen molar-refractivity contribution in [1.82, 2.24) is 25.0 Å². The number of amides is 3.